The summed E-state index contributed by atoms with van der Waals surface area (Å²) in [6.07, 6.45) is -1.21. The average Bonchev–Trinajstić information content (AvgIpc) is 3.37. The molecule has 1 aliphatic carbocycles. The molecule has 2 aromatic rings. The van der Waals surface area contributed by atoms with Crippen molar-refractivity contribution in [3.8, 4) is 28.7 Å². The second-order valence-corrected chi connectivity index (χ2v) is 7.54. The summed E-state index contributed by atoms with van der Waals surface area (Å²) in [5, 5.41) is 11.0. The van der Waals surface area contributed by atoms with Gasteiger partial charge in [0, 0.05) is 11.8 Å². The summed E-state index contributed by atoms with van der Waals surface area (Å²) in [6, 6.07) is 7.35. The van der Waals surface area contributed by atoms with Gasteiger partial charge in [-0.15, -0.1) is 0 Å². The second kappa shape index (κ2) is 6.98. The zero-order chi connectivity index (χ0) is 21.0. The highest BCUT2D eigenvalue weighted by Gasteiger charge is 2.50. The van der Waals surface area contributed by atoms with E-state index in [0.717, 1.165) is 11.1 Å². The lowest BCUT2D eigenvalue weighted by Gasteiger charge is -2.37. The van der Waals surface area contributed by atoms with Crippen LogP contribution in [0.4, 0.5) is 0 Å². The normalized spacial score (nSPS) is 25.9. The first-order valence-electron chi connectivity index (χ1n) is 9.66. The molecule has 0 unspecified atom stereocenters. The number of aliphatic hydroxyl groups is 1. The Hall–Kier alpha value is -3.13. The molecular formula is C22H22O8. The minimum absolute atomic E-state index is 0.130. The van der Waals surface area contributed by atoms with E-state index in [1.54, 1.807) is 27.4 Å². The van der Waals surface area contributed by atoms with Gasteiger partial charge >= 0.3 is 5.97 Å². The van der Waals surface area contributed by atoms with E-state index in [1.165, 1.54) is 0 Å². The van der Waals surface area contributed by atoms with Crippen LogP contribution in [-0.4, -0.2) is 45.3 Å². The van der Waals surface area contributed by atoms with Crippen molar-refractivity contribution in [2.45, 2.75) is 24.5 Å². The van der Waals surface area contributed by atoms with Crippen molar-refractivity contribution in [3.63, 3.8) is 0 Å². The predicted octanol–water partition coefficient (Wildman–Crippen LogP) is 2.55. The van der Waals surface area contributed by atoms with Gasteiger partial charge in [0.1, 0.15) is 6.10 Å². The third-order valence-electron chi connectivity index (χ3n) is 6.10. The number of ether oxygens (including phenoxy) is 6. The summed E-state index contributed by atoms with van der Waals surface area (Å²) >= 11 is 0. The summed E-state index contributed by atoms with van der Waals surface area (Å²) in [7, 11) is 4.65. The predicted molar refractivity (Wildman–Crippen MR) is 103 cm³/mol. The Morgan fingerprint density at radius 2 is 1.57 bits per heavy atom. The van der Waals surface area contributed by atoms with Crippen LogP contribution in [0.3, 0.4) is 0 Å². The molecule has 0 radical (unpaired) electrons. The zero-order valence-electron chi connectivity index (χ0n) is 16.8. The molecule has 1 N–H and O–H groups in total. The van der Waals surface area contributed by atoms with Crippen LogP contribution in [0.15, 0.2) is 24.3 Å². The molecule has 0 saturated carbocycles. The summed E-state index contributed by atoms with van der Waals surface area (Å²) < 4.78 is 33.2. The largest absolute Gasteiger partial charge is 0.493 e. The fraction of sp³-hybridized carbons (Fsp3) is 0.409. The number of rotatable bonds is 4. The van der Waals surface area contributed by atoms with Gasteiger partial charge in [-0.25, -0.2) is 0 Å². The summed E-state index contributed by atoms with van der Waals surface area (Å²) in [6.45, 7) is 0.130. The maximum absolute atomic E-state index is 12.2. The topological polar surface area (TPSA) is 92.7 Å². The highest BCUT2D eigenvalue weighted by Crippen LogP contribution is 2.54. The maximum atomic E-state index is 12.2. The number of methoxy groups -OCH3 is 3. The van der Waals surface area contributed by atoms with E-state index in [1.807, 2.05) is 18.2 Å². The molecule has 3 aliphatic rings. The van der Waals surface area contributed by atoms with E-state index in [2.05, 4.69) is 0 Å². The summed E-state index contributed by atoms with van der Waals surface area (Å²) in [5.74, 6) is 1.63. The van der Waals surface area contributed by atoms with E-state index < -0.39 is 12.2 Å². The lowest BCUT2D eigenvalue weighted by Crippen LogP contribution is -2.35. The number of esters is 1. The fourth-order valence-corrected chi connectivity index (χ4v) is 4.76. The van der Waals surface area contributed by atoms with Crippen LogP contribution < -0.4 is 23.7 Å². The molecule has 0 aromatic heterocycles. The molecule has 158 valence electrons. The molecule has 8 heteroatoms. The van der Waals surface area contributed by atoms with Crippen LogP contribution in [0, 0.1) is 5.92 Å². The molecule has 0 bridgehead atoms. The first-order chi connectivity index (χ1) is 14.5. The third-order valence-corrected chi connectivity index (χ3v) is 6.10. The van der Waals surface area contributed by atoms with Crippen LogP contribution in [-0.2, 0) is 9.53 Å². The zero-order valence-corrected chi connectivity index (χ0v) is 16.8. The fourth-order valence-electron chi connectivity index (χ4n) is 4.76. The molecule has 4 atom stereocenters. The second-order valence-electron chi connectivity index (χ2n) is 7.54. The minimum Gasteiger partial charge on any atom is -0.493 e. The molecule has 8 nitrogen and oxygen atoms in total. The summed E-state index contributed by atoms with van der Waals surface area (Å²) in [5.41, 5.74) is 2.34. The van der Waals surface area contributed by atoms with Gasteiger partial charge in [-0.3, -0.25) is 4.79 Å². The highest BCUT2D eigenvalue weighted by molar-refractivity contribution is 5.74. The number of carbonyl (C=O) groups excluding carboxylic acids is 1. The van der Waals surface area contributed by atoms with Crippen LogP contribution in [0.2, 0.25) is 0 Å². The van der Waals surface area contributed by atoms with Gasteiger partial charge in [0.25, 0.3) is 0 Å². The Balaban J connectivity index is 1.72. The van der Waals surface area contributed by atoms with Crippen molar-refractivity contribution in [2.24, 2.45) is 5.92 Å². The van der Waals surface area contributed by atoms with E-state index in [9.17, 15) is 9.90 Å². The Bertz CT molecular complexity index is 991. The van der Waals surface area contributed by atoms with Crippen LogP contribution in [0.1, 0.15) is 35.1 Å². The van der Waals surface area contributed by atoms with Crippen molar-refractivity contribution < 1.29 is 38.3 Å². The van der Waals surface area contributed by atoms with Gasteiger partial charge in [-0.2, -0.15) is 0 Å². The molecule has 2 aliphatic heterocycles. The van der Waals surface area contributed by atoms with E-state index in [0.29, 0.717) is 34.3 Å². The Kier molecular flexibility index (Phi) is 4.39. The lowest BCUT2D eigenvalue weighted by atomic mass is 9.70. The van der Waals surface area contributed by atoms with Crippen molar-refractivity contribution in [1.82, 2.24) is 0 Å². The number of hydrogen-bond donors (Lipinski definition) is 1. The van der Waals surface area contributed by atoms with Crippen LogP contribution in [0.5, 0.6) is 28.7 Å². The van der Waals surface area contributed by atoms with Gasteiger partial charge in [-0.1, -0.05) is 0 Å². The number of hydrogen-bond acceptors (Lipinski definition) is 8. The average molecular weight is 414 g/mol. The molecule has 0 amide bonds. The quantitative estimate of drug-likeness (QED) is 0.763. The Morgan fingerprint density at radius 1 is 0.933 bits per heavy atom. The van der Waals surface area contributed by atoms with Gasteiger partial charge in [0.05, 0.1) is 33.9 Å². The molecule has 1 fully saturated rings. The third kappa shape index (κ3) is 2.67. The first-order valence-corrected chi connectivity index (χ1v) is 9.66. The lowest BCUT2D eigenvalue weighted by molar-refractivity contribution is -0.142. The molecular weight excluding hydrogens is 392 g/mol. The molecule has 2 heterocycles. The van der Waals surface area contributed by atoms with Gasteiger partial charge in [-0.05, 0) is 41.0 Å². The smallest absolute Gasteiger partial charge is 0.306 e. The number of benzene rings is 2. The van der Waals surface area contributed by atoms with Crippen molar-refractivity contribution in [2.75, 3.05) is 28.1 Å². The molecule has 5 rings (SSSR count). The summed E-state index contributed by atoms with van der Waals surface area (Å²) in [4.78, 5) is 12.2. The monoisotopic (exact) mass is 414 g/mol. The van der Waals surface area contributed by atoms with Crippen LogP contribution >= 0.6 is 0 Å². The minimum atomic E-state index is -0.843. The van der Waals surface area contributed by atoms with E-state index >= 15 is 0 Å². The van der Waals surface area contributed by atoms with Gasteiger partial charge < -0.3 is 33.5 Å². The number of fused-ring (bicyclic) bond motifs is 3. The van der Waals surface area contributed by atoms with E-state index in [-0.39, 0.29) is 31.0 Å². The SMILES string of the molecule is COc1cc([C@H]2c3cc4c(cc3[C@@H](O)[C@@H]3CC(=O)O[C@H]23)OCO4)cc(OC)c1OC. The Labute approximate surface area is 173 Å². The standard InChI is InChI=1S/C22H22O8/c1-25-16-4-10(5-17(26-2)22(16)27-3)19-11-6-14-15(29-9-28-14)7-12(11)20(24)13-8-18(23)30-21(13)19/h4-7,13,19-21,24H,8-9H2,1-3H3/t13-,19-,20+,21-/m0/s1. The van der Waals surface area contributed by atoms with Crippen molar-refractivity contribution in [3.05, 3.63) is 41.0 Å². The Morgan fingerprint density at radius 3 is 2.17 bits per heavy atom. The first kappa shape index (κ1) is 18.9. The molecule has 1 saturated heterocycles. The maximum Gasteiger partial charge on any atom is 0.306 e. The highest BCUT2D eigenvalue weighted by atomic mass is 16.7. The van der Waals surface area contributed by atoms with Gasteiger partial charge in [0.15, 0.2) is 23.0 Å². The number of carbonyl (C=O) groups is 1. The van der Waals surface area contributed by atoms with Crippen molar-refractivity contribution >= 4 is 5.97 Å². The number of aliphatic hydroxyl groups excluding tert-OH is 1. The van der Waals surface area contributed by atoms with Crippen molar-refractivity contribution in [1.29, 1.82) is 0 Å². The molecule has 30 heavy (non-hydrogen) atoms. The van der Waals surface area contributed by atoms with E-state index in [4.69, 9.17) is 28.4 Å². The van der Waals surface area contributed by atoms with Crippen LogP contribution in [0.25, 0.3) is 0 Å². The molecule has 2 aromatic carbocycles. The van der Waals surface area contributed by atoms with Gasteiger partial charge in [0.2, 0.25) is 12.5 Å². The molecule has 0 spiro atoms.